The lowest BCUT2D eigenvalue weighted by Crippen LogP contribution is -2.41. The Morgan fingerprint density at radius 1 is 1.48 bits per heavy atom. The van der Waals surface area contributed by atoms with Crippen molar-refractivity contribution in [2.75, 3.05) is 25.4 Å². The Bertz CT molecular complexity index is 520. The van der Waals surface area contributed by atoms with Gasteiger partial charge in [0.2, 0.25) is 0 Å². The molecule has 0 spiro atoms. The summed E-state index contributed by atoms with van der Waals surface area (Å²) >= 11 is 1.91. The molecule has 1 amide bonds. The molecule has 0 radical (unpaired) electrons. The SMILES string of the molecule is CCC1CN(C(=O)c2cccc(OCC(=O)O)c2)CCS1. The van der Waals surface area contributed by atoms with Crippen LogP contribution in [0.2, 0.25) is 0 Å². The largest absolute Gasteiger partial charge is 0.482 e. The Kier molecular flexibility index (Phi) is 5.50. The van der Waals surface area contributed by atoms with Gasteiger partial charge in [0.05, 0.1) is 0 Å². The number of carboxylic acid groups (broad SMARTS) is 1. The molecule has 5 nitrogen and oxygen atoms in total. The number of benzene rings is 1. The minimum Gasteiger partial charge on any atom is -0.482 e. The van der Waals surface area contributed by atoms with Gasteiger partial charge in [-0.3, -0.25) is 4.79 Å². The number of amides is 1. The molecule has 1 aliphatic heterocycles. The molecule has 21 heavy (non-hydrogen) atoms. The third-order valence-electron chi connectivity index (χ3n) is 3.32. The minimum absolute atomic E-state index is 0.0190. The average molecular weight is 309 g/mol. The maximum Gasteiger partial charge on any atom is 0.341 e. The fourth-order valence-corrected chi connectivity index (χ4v) is 3.38. The van der Waals surface area contributed by atoms with E-state index in [1.807, 2.05) is 16.7 Å². The molecule has 0 aliphatic carbocycles. The van der Waals surface area contributed by atoms with Crippen molar-refractivity contribution in [1.29, 1.82) is 0 Å². The molecule has 1 aromatic rings. The zero-order chi connectivity index (χ0) is 15.2. The highest BCUT2D eigenvalue weighted by atomic mass is 32.2. The van der Waals surface area contributed by atoms with Crippen molar-refractivity contribution in [3.8, 4) is 5.75 Å². The molecule has 1 fully saturated rings. The fraction of sp³-hybridized carbons (Fsp3) is 0.467. The summed E-state index contributed by atoms with van der Waals surface area (Å²) in [6, 6.07) is 6.70. The van der Waals surface area contributed by atoms with Gasteiger partial charge in [0.15, 0.2) is 6.61 Å². The lowest BCUT2D eigenvalue weighted by Gasteiger charge is -2.32. The Morgan fingerprint density at radius 2 is 2.29 bits per heavy atom. The highest BCUT2D eigenvalue weighted by Gasteiger charge is 2.24. The molecule has 1 saturated heterocycles. The summed E-state index contributed by atoms with van der Waals surface area (Å²) in [4.78, 5) is 24.9. The van der Waals surface area contributed by atoms with Gasteiger partial charge in [-0.2, -0.15) is 11.8 Å². The number of nitrogens with zero attached hydrogens (tertiary/aromatic N) is 1. The number of hydrogen-bond acceptors (Lipinski definition) is 4. The monoisotopic (exact) mass is 309 g/mol. The van der Waals surface area contributed by atoms with Crippen LogP contribution in [0.5, 0.6) is 5.75 Å². The van der Waals surface area contributed by atoms with Crippen LogP contribution in [0.25, 0.3) is 0 Å². The summed E-state index contributed by atoms with van der Waals surface area (Å²) in [7, 11) is 0. The van der Waals surface area contributed by atoms with Crippen LogP contribution in [0.4, 0.5) is 0 Å². The number of rotatable bonds is 5. The Balaban J connectivity index is 2.04. The molecule has 1 aromatic carbocycles. The summed E-state index contributed by atoms with van der Waals surface area (Å²) in [5.74, 6) is 0.307. The first kappa shape index (κ1) is 15.7. The third kappa shape index (κ3) is 4.39. The van der Waals surface area contributed by atoms with Crippen molar-refractivity contribution in [2.45, 2.75) is 18.6 Å². The molecule has 1 heterocycles. The van der Waals surface area contributed by atoms with Crippen molar-refractivity contribution in [3.05, 3.63) is 29.8 Å². The number of hydrogen-bond donors (Lipinski definition) is 1. The van der Waals surface area contributed by atoms with E-state index < -0.39 is 12.6 Å². The van der Waals surface area contributed by atoms with Crippen LogP contribution >= 0.6 is 11.8 Å². The summed E-state index contributed by atoms with van der Waals surface area (Å²) in [5.41, 5.74) is 0.541. The molecule has 114 valence electrons. The van der Waals surface area contributed by atoms with Gasteiger partial charge < -0.3 is 14.7 Å². The molecule has 1 atom stereocenters. The predicted molar refractivity (Wildman–Crippen MR) is 82.0 cm³/mol. The Labute approximate surface area is 128 Å². The van der Waals surface area contributed by atoms with E-state index in [9.17, 15) is 9.59 Å². The molecule has 0 saturated carbocycles. The minimum atomic E-state index is -1.04. The van der Waals surface area contributed by atoms with E-state index in [0.29, 0.717) is 16.6 Å². The molecule has 1 aliphatic rings. The van der Waals surface area contributed by atoms with Crippen LogP contribution < -0.4 is 4.74 Å². The Morgan fingerprint density at radius 3 is 3.00 bits per heavy atom. The zero-order valence-electron chi connectivity index (χ0n) is 11.9. The highest BCUT2D eigenvalue weighted by Crippen LogP contribution is 2.23. The smallest absolute Gasteiger partial charge is 0.341 e. The number of ether oxygens (including phenoxy) is 1. The molecule has 1 N–H and O–H groups in total. The quantitative estimate of drug-likeness (QED) is 0.902. The standard InChI is InChI=1S/C15H19NO4S/c1-2-13-9-16(6-7-21-13)15(19)11-4-3-5-12(8-11)20-10-14(17)18/h3-5,8,13H,2,6-7,9-10H2,1H3,(H,17,18). The van der Waals surface area contributed by atoms with Gasteiger partial charge in [0, 0.05) is 29.7 Å². The summed E-state index contributed by atoms with van der Waals surface area (Å²) in [5, 5.41) is 9.11. The Hall–Kier alpha value is -1.69. The lowest BCUT2D eigenvalue weighted by molar-refractivity contribution is -0.139. The van der Waals surface area contributed by atoms with E-state index in [0.717, 1.165) is 25.3 Å². The molecule has 0 aromatic heterocycles. The first-order chi connectivity index (χ1) is 10.1. The van der Waals surface area contributed by atoms with Gasteiger partial charge >= 0.3 is 5.97 Å². The number of carbonyl (C=O) groups is 2. The first-order valence-electron chi connectivity index (χ1n) is 6.95. The maximum absolute atomic E-state index is 12.5. The second-order valence-electron chi connectivity index (χ2n) is 4.86. The summed E-state index contributed by atoms with van der Waals surface area (Å²) in [6.07, 6.45) is 1.05. The lowest BCUT2D eigenvalue weighted by atomic mass is 10.1. The number of thioether (sulfide) groups is 1. The number of aliphatic carboxylic acids is 1. The van der Waals surface area contributed by atoms with Crippen LogP contribution in [0, 0.1) is 0 Å². The summed E-state index contributed by atoms with van der Waals surface area (Å²) in [6.45, 7) is 3.24. The van der Waals surface area contributed by atoms with E-state index >= 15 is 0 Å². The fourth-order valence-electron chi connectivity index (χ4n) is 2.20. The third-order valence-corrected chi connectivity index (χ3v) is 4.70. The number of carbonyl (C=O) groups excluding carboxylic acids is 1. The van der Waals surface area contributed by atoms with Crippen LogP contribution in [-0.2, 0) is 4.79 Å². The van der Waals surface area contributed by atoms with Crippen LogP contribution in [0.3, 0.4) is 0 Å². The van der Waals surface area contributed by atoms with Crippen molar-refractivity contribution in [1.82, 2.24) is 4.90 Å². The van der Waals surface area contributed by atoms with Crippen molar-refractivity contribution < 1.29 is 19.4 Å². The normalized spacial score (nSPS) is 18.3. The average Bonchev–Trinajstić information content (AvgIpc) is 2.52. The predicted octanol–water partition coefficient (Wildman–Crippen LogP) is 2.12. The van der Waals surface area contributed by atoms with Gasteiger partial charge in [0.25, 0.3) is 5.91 Å². The van der Waals surface area contributed by atoms with Gasteiger partial charge in [-0.15, -0.1) is 0 Å². The van der Waals surface area contributed by atoms with E-state index in [2.05, 4.69) is 6.92 Å². The topological polar surface area (TPSA) is 66.8 Å². The first-order valence-corrected chi connectivity index (χ1v) is 8.00. The van der Waals surface area contributed by atoms with E-state index in [1.165, 1.54) is 0 Å². The van der Waals surface area contributed by atoms with Crippen molar-refractivity contribution in [2.24, 2.45) is 0 Å². The molecular weight excluding hydrogens is 290 g/mol. The molecule has 2 rings (SSSR count). The van der Waals surface area contributed by atoms with E-state index in [1.54, 1.807) is 24.3 Å². The number of carboxylic acids is 1. The van der Waals surface area contributed by atoms with Crippen LogP contribution in [-0.4, -0.2) is 52.6 Å². The molecule has 1 unspecified atom stereocenters. The van der Waals surface area contributed by atoms with Gasteiger partial charge in [-0.25, -0.2) is 4.79 Å². The van der Waals surface area contributed by atoms with Crippen molar-refractivity contribution >= 4 is 23.6 Å². The van der Waals surface area contributed by atoms with Crippen molar-refractivity contribution in [3.63, 3.8) is 0 Å². The highest BCUT2D eigenvalue weighted by molar-refractivity contribution is 8.00. The van der Waals surface area contributed by atoms with Gasteiger partial charge in [-0.1, -0.05) is 13.0 Å². The zero-order valence-corrected chi connectivity index (χ0v) is 12.8. The van der Waals surface area contributed by atoms with Crippen LogP contribution in [0.1, 0.15) is 23.7 Å². The molecule has 0 bridgehead atoms. The van der Waals surface area contributed by atoms with E-state index in [-0.39, 0.29) is 5.91 Å². The molecule has 6 heteroatoms. The second kappa shape index (κ2) is 7.36. The summed E-state index contributed by atoms with van der Waals surface area (Å²) < 4.78 is 5.11. The van der Waals surface area contributed by atoms with E-state index in [4.69, 9.17) is 9.84 Å². The van der Waals surface area contributed by atoms with Crippen LogP contribution in [0.15, 0.2) is 24.3 Å². The van der Waals surface area contributed by atoms with Gasteiger partial charge in [0.1, 0.15) is 5.75 Å². The maximum atomic E-state index is 12.5. The second-order valence-corrected chi connectivity index (χ2v) is 6.27. The molecular formula is C15H19NO4S. The van der Waals surface area contributed by atoms with Gasteiger partial charge in [-0.05, 0) is 24.6 Å².